The van der Waals surface area contributed by atoms with E-state index >= 15 is 0 Å². The van der Waals surface area contributed by atoms with Crippen LogP contribution in [-0.4, -0.2) is 6.26 Å². The van der Waals surface area contributed by atoms with E-state index in [9.17, 15) is 4.39 Å². The number of halogens is 2. The number of thioether (sulfide) groups is 1. The fourth-order valence-electron chi connectivity index (χ4n) is 0.678. The van der Waals surface area contributed by atoms with Gasteiger partial charge in [0.15, 0.2) is 0 Å². The fraction of sp³-hybridized carbons (Fsp3) is 0.143. The molecule has 0 unspecified atom stereocenters. The maximum Gasteiger partial charge on any atom is 0.137 e. The summed E-state index contributed by atoms with van der Waals surface area (Å²) in [5.41, 5.74) is 0. The summed E-state index contributed by atoms with van der Waals surface area (Å²) in [6.45, 7) is 0. The van der Waals surface area contributed by atoms with Crippen molar-refractivity contribution in [2.24, 2.45) is 0 Å². The first kappa shape index (κ1) is 8.08. The van der Waals surface area contributed by atoms with Crippen LogP contribution < -0.4 is 0 Å². The summed E-state index contributed by atoms with van der Waals surface area (Å²) in [4.78, 5) is 0.669. The van der Waals surface area contributed by atoms with E-state index in [2.05, 4.69) is 15.9 Å². The van der Waals surface area contributed by atoms with Crippen molar-refractivity contribution in [3.63, 3.8) is 0 Å². The number of rotatable bonds is 1. The van der Waals surface area contributed by atoms with Crippen molar-refractivity contribution in [3.05, 3.63) is 28.5 Å². The van der Waals surface area contributed by atoms with E-state index in [-0.39, 0.29) is 5.82 Å². The summed E-state index contributed by atoms with van der Waals surface area (Å²) in [5.74, 6) is -0.165. The Bertz CT molecular complexity index is 217. The molecule has 0 saturated carbocycles. The van der Waals surface area contributed by atoms with Crippen LogP contribution in [-0.2, 0) is 0 Å². The maximum atomic E-state index is 12.8. The van der Waals surface area contributed by atoms with Crippen molar-refractivity contribution in [2.75, 3.05) is 6.26 Å². The van der Waals surface area contributed by atoms with E-state index in [0.717, 1.165) is 4.47 Å². The van der Waals surface area contributed by atoms with Crippen LogP contribution in [0.5, 0.6) is 0 Å². The van der Waals surface area contributed by atoms with Gasteiger partial charge in [-0.05, 0) is 34.3 Å². The molecule has 0 nitrogen and oxygen atoms in total. The molecule has 0 bridgehead atoms. The molecule has 0 N–H and O–H groups in total. The van der Waals surface area contributed by atoms with Crippen LogP contribution in [0.3, 0.4) is 0 Å². The quantitative estimate of drug-likeness (QED) is 0.655. The van der Waals surface area contributed by atoms with Gasteiger partial charge in [0.2, 0.25) is 0 Å². The molecule has 54 valence electrons. The molecule has 0 spiro atoms. The van der Waals surface area contributed by atoms with Gasteiger partial charge < -0.3 is 0 Å². The second-order valence-corrected chi connectivity index (χ2v) is 3.43. The van der Waals surface area contributed by atoms with E-state index in [1.54, 1.807) is 6.07 Å². The summed E-state index contributed by atoms with van der Waals surface area (Å²) in [6, 6.07) is 4.96. The smallest absolute Gasteiger partial charge is 0.137 e. The lowest BCUT2D eigenvalue weighted by molar-refractivity contribution is 0.600. The molecule has 0 aliphatic heterocycles. The predicted molar refractivity (Wildman–Crippen MR) is 45.9 cm³/mol. The van der Waals surface area contributed by atoms with Crippen molar-refractivity contribution in [3.8, 4) is 0 Å². The SMILES string of the molecule is CSc1c(F)cccc1Br. The molecule has 0 aromatic heterocycles. The van der Waals surface area contributed by atoms with E-state index in [1.807, 2.05) is 12.3 Å². The van der Waals surface area contributed by atoms with Crippen molar-refractivity contribution >= 4 is 27.7 Å². The Hall–Kier alpha value is -0.0200. The number of benzene rings is 1. The van der Waals surface area contributed by atoms with Gasteiger partial charge >= 0.3 is 0 Å². The molecular formula is C7H6BrFS. The molecule has 3 heteroatoms. The Labute approximate surface area is 72.0 Å². The van der Waals surface area contributed by atoms with Crippen LogP contribution in [0.25, 0.3) is 0 Å². The molecule has 1 aromatic rings. The van der Waals surface area contributed by atoms with Crippen molar-refractivity contribution < 1.29 is 4.39 Å². The average molecular weight is 221 g/mol. The van der Waals surface area contributed by atoms with Crippen LogP contribution in [0.2, 0.25) is 0 Å². The Morgan fingerprint density at radius 2 is 2.20 bits per heavy atom. The first-order valence-corrected chi connectivity index (χ1v) is 4.75. The van der Waals surface area contributed by atoms with Gasteiger partial charge in [-0.25, -0.2) is 4.39 Å². The molecule has 0 atom stereocenters. The topological polar surface area (TPSA) is 0 Å². The van der Waals surface area contributed by atoms with Gasteiger partial charge in [-0.3, -0.25) is 0 Å². The first-order chi connectivity index (χ1) is 4.75. The predicted octanol–water partition coefficient (Wildman–Crippen LogP) is 3.31. The summed E-state index contributed by atoms with van der Waals surface area (Å²) in [6.07, 6.45) is 1.85. The summed E-state index contributed by atoms with van der Waals surface area (Å²) >= 11 is 4.65. The minimum atomic E-state index is -0.165. The Morgan fingerprint density at radius 3 is 2.60 bits per heavy atom. The largest absolute Gasteiger partial charge is 0.206 e. The van der Waals surface area contributed by atoms with Crippen LogP contribution in [0, 0.1) is 5.82 Å². The van der Waals surface area contributed by atoms with Gasteiger partial charge in [0.05, 0.1) is 4.90 Å². The lowest BCUT2D eigenvalue weighted by Crippen LogP contribution is -1.79. The highest BCUT2D eigenvalue weighted by molar-refractivity contribution is 9.10. The van der Waals surface area contributed by atoms with E-state index < -0.39 is 0 Å². The molecule has 0 radical (unpaired) electrons. The molecular weight excluding hydrogens is 215 g/mol. The number of hydrogen-bond donors (Lipinski definition) is 0. The molecule has 1 aromatic carbocycles. The number of hydrogen-bond acceptors (Lipinski definition) is 1. The summed E-state index contributed by atoms with van der Waals surface area (Å²) < 4.78 is 13.6. The van der Waals surface area contributed by atoms with Crippen LogP contribution in [0.4, 0.5) is 4.39 Å². The van der Waals surface area contributed by atoms with E-state index in [0.29, 0.717) is 4.90 Å². The van der Waals surface area contributed by atoms with Gasteiger partial charge in [0.1, 0.15) is 5.82 Å². The zero-order chi connectivity index (χ0) is 7.56. The lowest BCUT2D eigenvalue weighted by Gasteiger charge is -1.99. The molecule has 1 rings (SSSR count). The monoisotopic (exact) mass is 220 g/mol. The lowest BCUT2D eigenvalue weighted by atomic mass is 10.3. The average Bonchev–Trinajstić information content (AvgIpc) is 1.88. The second-order valence-electron chi connectivity index (χ2n) is 1.75. The first-order valence-electron chi connectivity index (χ1n) is 2.73. The highest BCUT2D eigenvalue weighted by atomic mass is 79.9. The summed E-state index contributed by atoms with van der Waals surface area (Å²) in [5, 5.41) is 0. The normalized spacial score (nSPS) is 9.90. The third kappa shape index (κ3) is 1.52. The highest BCUT2D eigenvalue weighted by Crippen LogP contribution is 2.27. The van der Waals surface area contributed by atoms with Gasteiger partial charge in [0, 0.05) is 4.47 Å². The zero-order valence-electron chi connectivity index (χ0n) is 5.40. The van der Waals surface area contributed by atoms with Crippen molar-refractivity contribution in [1.29, 1.82) is 0 Å². The van der Waals surface area contributed by atoms with Gasteiger partial charge in [-0.1, -0.05) is 6.07 Å². The standard InChI is InChI=1S/C7H6BrFS/c1-10-7-5(8)3-2-4-6(7)9/h2-4H,1H3. The molecule has 0 aliphatic carbocycles. The fourth-order valence-corrected chi connectivity index (χ4v) is 2.03. The third-order valence-electron chi connectivity index (χ3n) is 1.12. The van der Waals surface area contributed by atoms with E-state index in [1.165, 1.54) is 17.8 Å². The van der Waals surface area contributed by atoms with Crippen molar-refractivity contribution in [2.45, 2.75) is 4.90 Å². The third-order valence-corrected chi connectivity index (χ3v) is 2.87. The van der Waals surface area contributed by atoms with Gasteiger partial charge in [0.25, 0.3) is 0 Å². The van der Waals surface area contributed by atoms with Crippen LogP contribution in [0.1, 0.15) is 0 Å². The van der Waals surface area contributed by atoms with Crippen LogP contribution >= 0.6 is 27.7 Å². The molecule has 0 heterocycles. The Kier molecular flexibility index (Phi) is 2.74. The molecule has 0 aliphatic rings. The molecule has 10 heavy (non-hydrogen) atoms. The Balaban J connectivity index is 3.17. The summed E-state index contributed by atoms with van der Waals surface area (Å²) in [7, 11) is 0. The zero-order valence-corrected chi connectivity index (χ0v) is 7.80. The van der Waals surface area contributed by atoms with Gasteiger partial charge in [-0.2, -0.15) is 0 Å². The minimum Gasteiger partial charge on any atom is -0.206 e. The van der Waals surface area contributed by atoms with Crippen molar-refractivity contribution in [1.82, 2.24) is 0 Å². The molecule has 0 fully saturated rings. The minimum absolute atomic E-state index is 0.165. The second kappa shape index (κ2) is 3.39. The highest BCUT2D eigenvalue weighted by Gasteiger charge is 2.02. The van der Waals surface area contributed by atoms with Gasteiger partial charge in [-0.15, -0.1) is 11.8 Å². The van der Waals surface area contributed by atoms with Crippen LogP contribution in [0.15, 0.2) is 27.6 Å². The van der Waals surface area contributed by atoms with E-state index in [4.69, 9.17) is 0 Å². The Morgan fingerprint density at radius 1 is 1.50 bits per heavy atom. The molecule has 0 amide bonds. The molecule has 0 saturated heterocycles. The maximum absolute atomic E-state index is 12.8.